The van der Waals surface area contributed by atoms with Crippen LogP contribution in [0.25, 0.3) is 0 Å². The fourth-order valence-corrected chi connectivity index (χ4v) is 3.42. The number of nitriles is 1. The van der Waals surface area contributed by atoms with Gasteiger partial charge < -0.3 is 0 Å². The van der Waals surface area contributed by atoms with Crippen LogP contribution in [0.15, 0.2) is 0 Å². The lowest BCUT2D eigenvalue weighted by Crippen LogP contribution is -2.58. The molecule has 0 atom stereocenters. The second-order valence-corrected chi connectivity index (χ2v) is 6.13. The third kappa shape index (κ3) is 2.51. The maximum Gasteiger partial charge on any atom is 0.230 e. The summed E-state index contributed by atoms with van der Waals surface area (Å²) in [6.07, 6.45) is 5.08. The van der Waals surface area contributed by atoms with Crippen molar-refractivity contribution in [3.8, 4) is 6.07 Å². The van der Waals surface area contributed by atoms with Crippen LogP contribution in [-0.4, -0.2) is 22.3 Å². The van der Waals surface area contributed by atoms with Crippen LogP contribution in [0.5, 0.6) is 0 Å². The van der Waals surface area contributed by atoms with Crippen molar-refractivity contribution in [2.45, 2.75) is 64.3 Å². The van der Waals surface area contributed by atoms with Crippen LogP contribution in [0, 0.1) is 23.2 Å². The number of hydrogen-bond donors (Lipinski definition) is 0. The molecule has 0 N–H and O–H groups in total. The molecule has 104 valence electrons. The summed E-state index contributed by atoms with van der Waals surface area (Å²) >= 11 is 0. The van der Waals surface area contributed by atoms with Gasteiger partial charge in [-0.1, -0.05) is 20.3 Å². The number of rotatable bonds is 2. The predicted molar refractivity (Wildman–Crippen MR) is 70.8 cm³/mol. The zero-order chi connectivity index (χ0) is 14.0. The summed E-state index contributed by atoms with van der Waals surface area (Å²) in [6, 6.07) is 2.29. The lowest BCUT2D eigenvalue weighted by molar-refractivity contribution is -0.156. The van der Waals surface area contributed by atoms with E-state index in [0.717, 1.165) is 19.3 Å². The minimum Gasteiger partial charge on any atom is -0.274 e. The van der Waals surface area contributed by atoms with Crippen LogP contribution in [0.3, 0.4) is 0 Å². The van der Waals surface area contributed by atoms with Crippen molar-refractivity contribution in [1.82, 2.24) is 4.90 Å². The molecule has 0 aromatic rings. The first-order chi connectivity index (χ1) is 9.02. The van der Waals surface area contributed by atoms with Crippen molar-refractivity contribution in [3.63, 3.8) is 0 Å². The minimum absolute atomic E-state index is 0.110. The van der Waals surface area contributed by atoms with E-state index in [1.165, 1.54) is 4.90 Å². The molecule has 4 heteroatoms. The number of hydrogen-bond acceptors (Lipinski definition) is 3. The van der Waals surface area contributed by atoms with E-state index < -0.39 is 5.54 Å². The molecule has 0 aromatic heterocycles. The molecule has 1 aliphatic carbocycles. The monoisotopic (exact) mass is 262 g/mol. The molecule has 1 aliphatic heterocycles. The molecule has 0 bridgehead atoms. The molecular weight excluding hydrogens is 240 g/mol. The molecular formula is C15H22N2O2. The maximum absolute atomic E-state index is 12.2. The molecule has 4 nitrogen and oxygen atoms in total. The van der Waals surface area contributed by atoms with Gasteiger partial charge in [-0.15, -0.1) is 0 Å². The van der Waals surface area contributed by atoms with Gasteiger partial charge in [-0.05, 0) is 37.5 Å². The van der Waals surface area contributed by atoms with Crippen molar-refractivity contribution in [3.05, 3.63) is 0 Å². The predicted octanol–water partition coefficient (Wildman–Crippen LogP) is 2.63. The Labute approximate surface area is 114 Å². The molecule has 0 unspecified atom stereocenters. The van der Waals surface area contributed by atoms with Crippen molar-refractivity contribution < 1.29 is 9.59 Å². The second-order valence-electron chi connectivity index (χ2n) is 6.13. The van der Waals surface area contributed by atoms with Gasteiger partial charge in [0.15, 0.2) is 0 Å². The highest BCUT2D eigenvalue weighted by Gasteiger charge is 2.47. The Kier molecular flexibility index (Phi) is 3.93. The van der Waals surface area contributed by atoms with Crippen molar-refractivity contribution >= 4 is 11.8 Å². The maximum atomic E-state index is 12.2. The Morgan fingerprint density at radius 3 is 2.21 bits per heavy atom. The smallest absolute Gasteiger partial charge is 0.230 e. The third-order valence-corrected chi connectivity index (χ3v) is 4.69. The Balaban J connectivity index is 2.20. The van der Waals surface area contributed by atoms with Gasteiger partial charge in [0.2, 0.25) is 11.8 Å². The van der Waals surface area contributed by atoms with Crippen molar-refractivity contribution in [2.75, 3.05) is 0 Å². The number of imide groups is 1. The van der Waals surface area contributed by atoms with Crippen molar-refractivity contribution in [1.29, 1.82) is 5.26 Å². The summed E-state index contributed by atoms with van der Waals surface area (Å²) in [6.45, 7) is 4.07. The van der Waals surface area contributed by atoms with Crippen LogP contribution in [0.4, 0.5) is 0 Å². The summed E-state index contributed by atoms with van der Waals surface area (Å²) < 4.78 is 0. The molecule has 1 saturated carbocycles. The van der Waals surface area contributed by atoms with Gasteiger partial charge in [0, 0.05) is 12.8 Å². The topological polar surface area (TPSA) is 61.2 Å². The summed E-state index contributed by atoms with van der Waals surface area (Å²) in [5, 5.41) is 9.56. The molecule has 1 heterocycles. The van der Waals surface area contributed by atoms with Gasteiger partial charge in [-0.2, -0.15) is 5.26 Å². The Morgan fingerprint density at radius 2 is 1.79 bits per heavy atom. The fraction of sp³-hybridized carbons (Fsp3) is 0.800. The average Bonchev–Trinajstić information content (AvgIpc) is 2.38. The largest absolute Gasteiger partial charge is 0.274 e. The molecule has 0 spiro atoms. The Morgan fingerprint density at radius 1 is 1.26 bits per heavy atom. The number of nitrogens with zero attached hydrogens (tertiary/aromatic N) is 2. The molecule has 2 amide bonds. The van der Waals surface area contributed by atoms with E-state index in [1.54, 1.807) is 0 Å². The Hall–Kier alpha value is -1.37. The highest BCUT2D eigenvalue weighted by Crippen LogP contribution is 2.39. The molecule has 1 saturated heterocycles. The highest BCUT2D eigenvalue weighted by atomic mass is 16.2. The lowest BCUT2D eigenvalue weighted by Gasteiger charge is -2.44. The van der Waals surface area contributed by atoms with E-state index in [-0.39, 0.29) is 17.7 Å². The van der Waals surface area contributed by atoms with Crippen LogP contribution in [-0.2, 0) is 9.59 Å². The van der Waals surface area contributed by atoms with Crippen LogP contribution < -0.4 is 0 Å². The van der Waals surface area contributed by atoms with Crippen molar-refractivity contribution in [2.24, 2.45) is 11.8 Å². The number of carbonyl (C=O) groups is 2. The van der Waals surface area contributed by atoms with E-state index in [1.807, 2.05) is 6.92 Å². The van der Waals surface area contributed by atoms with Gasteiger partial charge in [0.1, 0.15) is 5.54 Å². The molecule has 0 aromatic carbocycles. The van der Waals surface area contributed by atoms with Gasteiger partial charge in [0.25, 0.3) is 0 Å². The zero-order valence-electron chi connectivity index (χ0n) is 11.8. The van der Waals surface area contributed by atoms with Crippen LogP contribution >= 0.6 is 0 Å². The number of carbonyl (C=O) groups excluding carboxylic acids is 2. The highest BCUT2D eigenvalue weighted by molar-refractivity contribution is 5.99. The zero-order valence-corrected chi connectivity index (χ0v) is 11.8. The first kappa shape index (κ1) is 14.0. The van der Waals surface area contributed by atoms with E-state index in [4.69, 9.17) is 0 Å². The van der Waals surface area contributed by atoms with Gasteiger partial charge in [0.05, 0.1) is 6.07 Å². The Bertz CT molecular complexity index is 398. The molecule has 19 heavy (non-hydrogen) atoms. The van der Waals surface area contributed by atoms with E-state index in [9.17, 15) is 14.9 Å². The quantitative estimate of drug-likeness (QED) is 0.719. The van der Waals surface area contributed by atoms with E-state index >= 15 is 0 Å². The number of amides is 2. The van der Waals surface area contributed by atoms with E-state index in [2.05, 4.69) is 13.0 Å². The molecule has 2 rings (SSSR count). The second kappa shape index (κ2) is 5.32. The molecule has 2 aliphatic rings. The number of piperidine rings is 1. The minimum atomic E-state index is -0.861. The third-order valence-electron chi connectivity index (χ3n) is 4.69. The summed E-state index contributed by atoms with van der Waals surface area (Å²) in [5.74, 6) is 0.440. The molecule has 0 radical (unpaired) electrons. The van der Waals surface area contributed by atoms with E-state index in [0.29, 0.717) is 31.6 Å². The fourth-order valence-electron chi connectivity index (χ4n) is 3.42. The van der Waals surface area contributed by atoms with Crippen LogP contribution in [0.1, 0.15) is 58.8 Å². The molecule has 2 fully saturated rings. The van der Waals surface area contributed by atoms with Gasteiger partial charge >= 0.3 is 0 Å². The van der Waals surface area contributed by atoms with Crippen LogP contribution in [0.2, 0.25) is 0 Å². The van der Waals surface area contributed by atoms with Gasteiger partial charge in [-0.25, -0.2) is 0 Å². The van der Waals surface area contributed by atoms with Gasteiger partial charge in [-0.3, -0.25) is 14.5 Å². The SMILES string of the molecule is CCC1CCC(C#N)(N2C(=O)CC(C)CC2=O)CC1. The summed E-state index contributed by atoms with van der Waals surface area (Å²) in [4.78, 5) is 25.7. The summed E-state index contributed by atoms with van der Waals surface area (Å²) in [5.41, 5.74) is -0.861. The summed E-state index contributed by atoms with van der Waals surface area (Å²) in [7, 11) is 0. The first-order valence-corrected chi connectivity index (χ1v) is 7.29. The first-order valence-electron chi connectivity index (χ1n) is 7.29. The lowest BCUT2D eigenvalue weighted by atomic mass is 9.74. The standard InChI is InChI=1S/C15H22N2O2/c1-3-12-4-6-15(10-16,7-5-12)17-13(18)8-11(2)9-14(17)19/h11-12H,3-9H2,1-2H3. The average molecular weight is 262 g/mol. The number of likely N-dealkylation sites (tertiary alicyclic amines) is 1. The normalized spacial score (nSPS) is 33.3.